The maximum Gasteiger partial charge on any atom is 0.227 e. The molecule has 34 heavy (non-hydrogen) atoms. The number of furan rings is 1. The highest BCUT2D eigenvalue weighted by molar-refractivity contribution is 6.15. The van der Waals surface area contributed by atoms with Crippen molar-refractivity contribution in [3.05, 3.63) is 77.0 Å². The number of aryl methyl sites for hydroxylation is 3. The summed E-state index contributed by atoms with van der Waals surface area (Å²) in [5, 5.41) is 4.71. The Morgan fingerprint density at radius 3 is 2.50 bits per heavy atom. The topological polar surface area (TPSA) is 51.8 Å². The van der Waals surface area contributed by atoms with Crippen LogP contribution in [0, 0.1) is 26.6 Å². The highest BCUT2D eigenvalue weighted by Gasteiger charge is 2.21. The Balaban J connectivity index is 1.80. The minimum Gasteiger partial charge on any atom is -0.437 e. The molecule has 0 saturated heterocycles. The molecule has 5 heteroatoms. The predicted molar refractivity (Wildman–Crippen MR) is 136 cm³/mol. The average Bonchev–Trinajstić information content (AvgIpc) is 3.22. The van der Waals surface area contributed by atoms with Crippen LogP contribution >= 0.6 is 0 Å². The van der Waals surface area contributed by atoms with Crippen molar-refractivity contribution in [3.8, 4) is 11.3 Å². The van der Waals surface area contributed by atoms with Crippen LogP contribution < -0.4 is 0 Å². The molecule has 0 aliphatic rings. The van der Waals surface area contributed by atoms with Gasteiger partial charge in [-0.05, 0) is 73.2 Å². The highest BCUT2D eigenvalue weighted by atomic mass is 19.1. The fourth-order valence-electron chi connectivity index (χ4n) is 4.98. The van der Waals surface area contributed by atoms with Crippen LogP contribution in [0.4, 0.5) is 4.39 Å². The highest BCUT2D eigenvalue weighted by Crippen LogP contribution is 2.40. The predicted octanol–water partition coefficient (Wildman–Crippen LogP) is 7.93. The second-order valence-corrected chi connectivity index (χ2v) is 9.37. The van der Waals surface area contributed by atoms with Gasteiger partial charge >= 0.3 is 0 Å². The Bertz CT molecular complexity index is 1780. The van der Waals surface area contributed by atoms with Crippen LogP contribution in [0.2, 0.25) is 0 Å². The number of fused-ring (bicyclic) bond motifs is 6. The van der Waals surface area contributed by atoms with Gasteiger partial charge in [-0.25, -0.2) is 19.3 Å². The Kier molecular flexibility index (Phi) is 4.46. The lowest BCUT2D eigenvalue weighted by Crippen LogP contribution is -2.02. The fourth-order valence-corrected chi connectivity index (χ4v) is 4.98. The Morgan fingerprint density at radius 1 is 0.882 bits per heavy atom. The zero-order valence-corrected chi connectivity index (χ0v) is 19.8. The molecule has 0 spiro atoms. The number of rotatable bonds is 2. The lowest BCUT2D eigenvalue weighted by atomic mass is 9.95. The average molecular weight is 450 g/mol. The summed E-state index contributed by atoms with van der Waals surface area (Å²) in [4.78, 5) is 14.4. The molecule has 6 rings (SSSR count). The van der Waals surface area contributed by atoms with E-state index in [1.807, 2.05) is 37.3 Å². The van der Waals surface area contributed by atoms with Crippen LogP contribution in [0.15, 0.2) is 53.1 Å². The van der Waals surface area contributed by atoms with Crippen LogP contribution in [-0.4, -0.2) is 15.0 Å². The van der Waals surface area contributed by atoms with E-state index < -0.39 is 0 Å². The molecule has 0 unspecified atom stereocenters. The van der Waals surface area contributed by atoms with Crippen LogP contribution in [0.1, 0.15) is 42.3 Å². The van der Waals surface area contributed by atoms with Gasteiger partial charge in [-0.2, -0.15) is 0 Å². The molecule has 0 saturated carbocycles. The summed E-state index contributed by atoms with van der Waals surface area (Å²) >= 11 is 0. The normalized spacial score (nSPS) is 12.1. The summed E-state index contributed by atoms with van der Waals surface area (Å²) in [6, 6.07) is 14.1. The van der Waals surface area contributed by atoms with Crippen molar-refractivity contribution in [2.45, 2.75) is 40.5 Å². The number of pyridine rings is 1. The van der Waals surface area contributed by atoms with Gasteiger partial charge in [0.2, 0.25) is 5.71 Å². The van der Waals surface area contributed by atoms with Crippen LogP contribution in [0.3, 0.4) is 0 Å². The van der Waals surface area contributed by atoms with Gasteiger partial charge in [0.25, 0.3) is 0 Å². The van der Waals surface area contributed by atoms with Gasteiger partial charge in [-0.1, -0.05) is 26.0 Å². The van der Waals surface area contributed by atoms with E-state index >= 15 is 0 Å². The minimum atomic E-state index is -0.188. The maximum atomic E-state index is 15.0. The summed E-state index contributed by atoms with van der Waals surface area (Å²) < 4.78 is 21.3. The molecule has 0 radical (unpaired) electrons. The fraction of sp³-hybridized carbons (Fsp3) is 0.207. The quantitative estimate of drug-likeness (QED) is 0.252. The Labute approximate surface area is 196 Å². The van der Waals surface area contributed by atoms with Crippen LogP contribution in [-0.2, 0) is 0 Å². The largest absolute Gasteiger partial charge is 0.437 e. The van der Waals surface area contributed by atoms with Gasteiger partial charge < -0.3 is 4.42 Å². The van der Waals surface area contributed by atoms with Crippen molar-refractivity contribution in [1.29, 1.82) is 0 Å². The van der Waals surface area contributed by atoms with E-state index in [1.165, 1.54) is 0 Å². The van der Waals surface area contributed by atoms with Crippen LogP contribution in [0.25, 0.3) is 55.0 Å². The molecule has 3 aromatic heterocycles. The molecule has 0 amide bonds. The first-order valence-electron chi connectivity index (χ1n) is 11.5. The zero-order chi connectivity index (χ0) is 23.7. The molecular formula is C29H24FN3O. The van der Waals surface area contributed by atoms with E-state index in [0.717, 1.165) is 60.7 Å². The summed E-state index contributed by atoms with van der Waals surface area (Å²) in [6.07, 6.45) is 1.74. The first-order valence-corrected chi connectivity index (χ1v) is 11.5. The van der Waals surface area contributed by atoms with E-state index in [-0.39, 0.29) is 11.7 Å². The van der Waals surface area contributed by atoms with Crippen molar-refractivity contribution in [3.63, 3.8) is 0 Å². The summed E-state index contributed by atoms with van der Waals surface area (Å²) in [7, 11) is 0. The molecule has 0 N–H and O–H groups in total. The van der Waals surface area contributed by atoms with Crippen molar-refractivity contribution in [2.75, 3.05) is 0 Å². The Morgan fingerprint density at radius 2 is 1.71 bits per heavy atom. The third-order valence-corrected chi connectivity index (χ3v) is 6.72. The summed E-state index contributed by atoms with van der Waals surface area (Å²) in [5.41, 5.74) is 6.18. The smallest absolute Gasteiger partial charge is 0.227 e. The monoisotopic (exact) mass is 449 g/mol. The van der Waals surface area contributed by atoms with Crippen LogP contribution in [0.5, 0.6) is 0 Å². The van der Waals surface area contributed by atoms with Gasteiger partial charge in [-0.15, -0.1) is 0 Å². The van der Waals surface area contributed by atoms with Crippen molar-refractivity contribution >= 4 is 43.7 Å². The molecule has 0 aliphatic carbocycles. The zero-order valence-electron chi connectivity index (χ0n) is 19.8. The van der Waals surface area contributed by atoms with Gasteiger partial charge in [0.1, 0.15) is 17.2 Å². The number of halogens is 1. The van der Waals surface area contributed by atoms with Gasteiger partial charge in [0.15, 0.2) is 0 Å². The van der Waals surface area contributed by atoms with Crippen molar-refractivity contribution < 1.29 is 8.81 Å². The number of hydrogen-bond acceptors (Lipinski definition) is 4. The molecule has 0 bridgehead atoms. The summed E-state index contributed by atoms with van der Waals surface area (Å²) in [5.74, 6) is 0.637. The van der Waals surface area contributed by atoms with E-state index in [9.17, 15) is 4.39 Å². The van der Waals surface area contributed by atoms with Crippen molar-refractivity contribution in [2.24, 2.45) is 0 Å². The molecule has 0 fully saturated rings. The standard InChI is InChI=1S/C29H24FN3O/c1-14(2)28-32-25(20-11-9-18-13-16(4)24(30)17(5)23(18)26(20)33-28)21-10-8-15(3)22-19-7-6-12-31-29(19)34-27(21)22/h6-14H,1-5H3. The first kappa shape index (κ1) is 20.7. The molecule has 0 aliphatic heterocycles. The maximum absolute atomic E-state index is 15.0. The molecule has 0 atom stereocenters. The number of benzene rings is 3. The second-order valence-electron chi connectivity index (χ2n) is 9.37. The summed E-state index contributed by atoms with van der Waals surface area (Å²) in [6.45, 7) is 9.85. The van der Waals surface area contributed by atoms with E-state index in [2.05, 4.69) is 37.9 Å². The lowest BCUT2D eigenvalue weighted by Gasteiger charge is -2.15. The molecule has 6 aromatic rings. The molecule has 4 nitrogen and oxygen atoms in total. The third kappa shape index (κ3) is 2.86. The van der Waals surface area contributed by atoms with Gasteiger partial charge in [0.05, 0.1) is 11.2 Å². The first-order chi connectivity index (χ1) is 16.3. The van der Waals surface area contributed by atoms with E-state index in [1.54, 1.807) is 13.1 Å². The van der Waals surface area contributed by atoms with Gasteiger partial charge in [0, 0.05) is 39.2 Å². The third-order valence-electron chi connectivity index (χ3n) is 6.72. The van der Waals surface area contributed by atoms with E-state index in [4.69, 9.17) is 14.4 Å². The molecule has 3 aromatic carbocycles. The van der Waals surface area contributed by atoms with E-state index in [0.29, 0.717) is 16.8 Å². The lowest BCUT2D eigenvalue weighted by molar-refractivity contribution is 0.612. The second kappa shape index (κ2) is 7.32. The molecule has 3 heterocycles. The SMILES string of the molecule is Cc1cc2ccc3c(-c4ccc(C)c5c4oc4ncccc45)nc(C(C)C)nc3c2c(C)c1F. The number of hydrogen-bond donors (Lipinski definition) is 0. The number of aromatic nitrogens is 3. The Hall–Kier alpha value is -3.86. The minimum absolute atomic E-state index is 0.104. The molecular weight excluding hydrogens is 425 g/mol. The van der Waals surface area contributed by atoms with Gasteiger partial charge in [-0.3, -0.25) is 0 Å². The van der Waals surface area contributed by atoms with Crippen molar-refractivity contribution in [1.82, 2.24) is 15.0 Å². The number of nitrogens with zero attached hydrogens (tertiary/aromatic N) is 3. The molecule has 168 valence electrons.